The van der Waals surface area contributed by atoms with Crippen molar-refractivity contribution in [3.05, 3.63) is 106 Å². The second-order valence-electron chi connectivity index (χ2n) is 7.20. The molecule has 0 aliphatic carbocycles. The molecule has 34 heavy (non-hydrogen) atoms. The lowest BCUT2D eigenvalue weighted by Gasteiger charge is -2.11. The van der Waals surface area contributed by atoms with Gasteiger partial charge in [-0.1, -0.05) is 24.3 Å². The Labute approximate surface area is 200 Å². The van der Waals surface area contributed by atoms with Gasteiger partial charge in [-0.05, 0) is 66.0 Å². The first-order chi connectivity index (χ1) is 16.5. The highest BCUT2D eigenvalue weighted by Crippen LogP contribution is 2.24. The van der Waals surface area contributed by atoms with Gasteiger partial charge in [0, 0.05) is 22.5 Å². The van der Waals surface area contributed by atoms with Crippen LogP contribution in [0.1, 0.15) is 30.4 Å². The van der Waals surface area contributed by atoms with Crippen LogP contribution >= 0.6 is 11.3 Å². The third kappa shape index (κ3) is 5.48. The summed E-state index contributed by atoms with van der Waals surface area (Å²) in [6.45, 7) is 0. The topological polar surface area (TPSA) is 96.5 Å². The monoisotopic (exact) mass is 471 g/mol. The summed E-state index contributed by atoms with van der Waals surface area (Å²) >= 11 is 1.34. The van der Waals surface area contributed by atoms with Gasteiger partial charge in [0.2, 0.25) is 0 Å². The van der Waals surface area contributed by atoms with Crippen LogP contribution in [0, 0.1) is 0 Å². The van der Waals surface area contributed by atoms with Crippen molar-refractivity contribution in [2.75, 3.05) is 23.1 Å². The fourth-order valence-corrected chi connectivity index (χ4v) is 3.81. The van der Waals surface area contributed by atoms with Gasteiger partial charge in [0.15, 0.2) is 0 Å². The number of para-hydroxylation sites is 2. The Morgan fingerprint density at radius 3 is 2.15 bits per heavy atom. The van der Waals surface area contributed by atoms with Crippen LogP contribution in [0.4, 0.5) is 17.1 Å². The molecule has 4 rings (SSSR count). The molecule has 0 saturated carbocycles. The summed E-state index contributed by atoms with van der Waals surface area (Å²) in [5, 5.41) is 10.2. The zero-order valence-corrected chi connectivity index (χ0v) is 19.0. The highest BCUT2D eigenvalue weighted by molar-refractivity contribution is 7.12. The van der Waals surface area contributed by atoms with Crippen LogP contribution in [0.2, 0.25) is 0 Å². The Bertz CT molecular complexity index is 1320. The Balaban J connectivity index is 1.39. The summed E-state index contributed by atoms with van der Waals surface area (Å²) in [5.41, 5.74) is 2.45. The minimum absolute atomic E-state index is 0.227. The fraction of sp³-hybridized carbons (Fsp3) is 0.0385. The molecule has 4 aromatic rings. The van der Waals surface area contributed by atoms with E-state index in [9.17, 15) is 14.4 Å². The van der Waals surface area contributed by atoms with E-state index in [0.717, 1.165) is 0 Å². The van der Waals surface area contributed by atoms with Crippen LogP contribution in [0.3, 0.4) is 0 Å². The number of ether oxygens (including phenoxy) is 1. The van der Waals surface area contributed by atoms with Crippen LogP contribution in [0.25, 0.3) is 0 Å². The largest absolute Gasteiger partial charge is 0.495 e. The number of carbonyl (C=O) groups is 3. The zero-order chi connectivity index (χ0) is 23.9. The smallest absolute Gasteiger partial charge is 0.265 e. The highest BCUT2D eigenvalue weighted by atomic mass is 32.1. The summed E-state index contributed by atoms with van der Waals surface area (Å²) in [6, 6.07) is 23.9. The van der Waals surface area contributed by atoms with Gasteiger partial charge < -0.3 is 20.7 Å². The lowest BCUT2D eigenvalue weighted by Crippen LogP contribution is -2.15. The molecule has 0 atom stereocenters. The van der Waals surface area contributed by atoms with Gasteiger partial charge in [0.25, 0.3) is 17.7 Å². The van der Waals surface area contributed by atoms with E-state index in [2.05, 4.69) is 16.0 Å². The molecular weight excluding hydrogens is 450 g/mol. The van der Waals surface area contributed by atoms with Crippen LogP contribution in [-0.2, 0) is 0 Å². The van der Waals surface area contributed by atoms with Gasteiger partial charge >= 0.3 is 0 Å². The maximum Gasteiger partial charge on any atom is 0.265 e. The minimum atomic E-state index is -0.335. The molecule has 1 aromatic heterocycles. The first kappa shape index (κ1) is 22.8. The Morgan fingerprint density at radius 1 is 0.676 bits per heavy atom. The summed E-state index contributed by atoms with van der Waals surface area (Å²) in [6.07, 6.45) is 0. The first-order valence-electron chi connectivity index (χ1n) is 10.3. The van der Waals surface area contributed by atoms with Crippen molar-refractivity contribution in [3.63, 3.8) is 0 Å². The van der Waals surface area contributed by atoms with Crippen molar-refractivity contribution in [2.24, 2.45) is 0 Å². The molecule has 170 valence electrons. The first-order valence-corrected chi connectivity index (χ1v) is 11.2. The third-order valence-electron chi connectivity index (χ3n) is 4.89. The maximum atomic E-state index is 12.7. The molecule has 0 unspecified atom stereocenters. The fourth-order valence-electron chi connectivity index (χ4n) is 3.19. The van der Waals surface area contributed by atoms with E-state index in [1.807, 2.05) is 11.4 Å². The predicted molar refractivity (Wildman–Crippen MR) is 134 cm³/mol. The molecule has 0 aliphatic rings. The molecule has 0 radical (unpaired) electrons. The molecule has 0 spiro atoms. The van der Waals surface area contributed by atoms with Crippen molar-refractivity contribution >= 4 is 46.1 Å². The average Bonchev–Trinajstić information content (AvgIpc) is 3.40. The van der Waals surface area contributed by atoms with Crippen molar-refractivity contribution in [3.8, 4) is 5.75 Å². The maximum absolute atomic E-state index is 12.7. The molecule has 0 bridgehead atoms. The number of hydrogen-bond donors (Lipinski definition) is 3. The van der Waals surface area contributed by atoms with Gasteiger partial charge in [-0.2, -0.15) is 0 Å². The van der Waals surface area contributed by atoms with Gasteiger partial charge in [0.05, 0.1) is 17.7 Å². The van der Waals surface area contributed by atoms with Crippen molar-refractivity contribution in [1.82, 2.24) is 0 Å². The number of thiophene rings is 1. The lowest BCUT2D eigenvalue weighted by molar-refractivity contribution is 0.101. The van der Waals surface area contributed by atoms with E-state index in [1.165, 1.54) is 18.4 Å². The summed E-state index contributed by atoms with van der Waals surface area (Å²) in [5.74, 6) is -0.293. The second kappa shape index (κ2) is 10.5. The molecule has 0 aliphatic heterocycles. The number of carbonyl (C=O) groups excluding carboxylic acids is 3. The summed E-state index contributed by atoms with van der Waals surface area (Å²) in [7, 11) is 1.54. The predicted octanol–water partition coefficient (Wildman–Crippen LogP) is 5.51. The summed E-state index contributed by atoms with van der Waals surface area (Å²) < 4.78 is 5.25. The van der Waals surface area contributed by atoms with E-state index in [0.29, 0.717) is 38.8 Å². The van der Waals surface area contributed by atoms with E-state index in [1.54, 1.807) is 78.9 Å². The molecular formula is C26H21N3O4S. The number of rotatable bonds is 7. The second-order valence-corrected chi connectivity index (χ2v) is 8.15. The number of benzene rings is 3. The molecule has 3 aromatic carbocycles. The van der Waals surface area contributed by atoms with Crippen LogP contribution < -0.4 is 20.7 Å². The minimum Gasteiger partial charge on any atom is -0.495 e. The average molecular weight is 472 g/mol. The van der Waals surface area contributed by atoms with Crippen molar-refractivity contribution in [2.45, 2.75) is 0 Å². The molecule has 0 saturated heterocycles. The van der Waals surface area contributed by atoms with Gasteiger partial charge in [-0.15, -0.1) is 11.3 Å². The standard InChI is InChI=1S/C26H21N3O4S/c1-33-22-9-3-2-8-21(22)29-24(30)17-11-13-19(14-12-17)27-25(31)18-6-4-7-20(16-18)28-26(32)23-10-5-15-34-23/h2-16H,1H3,(H,27,31)(H,28,32)(H,29,30). The zero-order valence-electron chi connectivity index (χ0n) is 18.2. The van der Waals surface area contributed by atoms with Gasteiger partial charge in [0.1, 0.15) is 5.75 Å². The molecule has 3 amide bonds. The highest BCUT2D eigenvalue weighted by Gasteiger charge is 2.12. The number of methoxy groups -OCH3 is 1. The van der Waals surface area contributed by atoms with E-state index in [4.69, 9.17) is 4.74 Å². The van der Waals surface area contributed by atoms with E-state index >= 15 is 0 Å². The number of nitrogens with one attached hydrogen (secondary N) is 3. The molecule has 8 heteroatoms. The molecule has 0 fully saturated rings. The Morgan fingerprint density at radius 2 is 1.41 bits per heavy atom. The summed E-state index contributed by atoms with van der Waals surface area (Å²) in [4.78, 5) is 38.1. The van der Waals surface area contributed by atoms with Crippen LogP contribution in [0.5, 0.6) is 5.75 Å². The van der Waals surface area contributed by atoms with Crippen LogP contribution in [0.15, 0.2) is 90.3 Å². The van der Waals surface area contributed by atoms with Crippen molar-refractivity contribution in [1.29, 1.82) is 0 Å². The van der Waals surface area contributed by atoms with Gasteiger partial charge in [-0.3, -0.25) is 14.4 Å². The molecule has 3 N–H and O–H groups in total. The lowest BCUT2D eigenvalue weighted by atomic mass is 10.1. The Hall–Kier alpha value is -4.43. The van der Waals surface area contributed by atoms with Gasteiger partial charge in [-0.25, -0.2) is 0 Å². The van der Waals surface area contributed by atoms with Crippen LogP contribution in [-0.4, -0.2) is 24.8 Å². The normalized spacial score (nSPS) is 10.3. The number of anilines is 3. The SMILES string of the molecule is COc1ccccc1NC(=O)c1ccc(NC(=O)c2cccc(NC(=O)c3cccs3)c2)cc1. The molecule has 7 nitrogen and oxygen atoms in total. The van der Waals surface area contributed by atoms with E-state index < -0.39 is 0 Å². The van der Waals surface area contributed by atoms with Crippen molar-refractivity contribution < 1.29 is 19.1 Å². The quantitative estimate of drug-likeness (QED) is 0.331. The third-order valence-corrected chi connectivity index (χ3v) is 5.76. The van der Waals surface area contributed by atoms with E-state index in [-0.39, 0.29) is 17.7 Å². The molecule has 1 heterocycles. The number of hydrogen-bond acceptors (Lipinski definition) is 5. The number of amides is 3. The Kier molecular flexibility index (Phi) is 7.00.